The number of phenols is 1. The Balaban J connectivity index is 2.40. The molecule has 0 amide bonds. The number of phenolic OH excluding ortho intramolecular Hbond substituents is 1. The van der Waals surface area contributed by atoms with Crippen LogP contribution in [-0.4, -0.2) is 17.2 Å². The number of methoxy groups -OCH3 is 1. The van der Waals surface area contributed by atoms with Gasteiger partial charge in [-0.3, -0.25) is 0 Å². The summed E-state index contributed by atoms with van der Waals surface area (Å²) < 4.78 is 5.21. The molecule has 124 valence electrons. The summed E-state index contributed by atoms with van der Waals surface area (Å²) in [6, 6.07) is 16.8. The monoisotopic (exact) mass is 331 g/mol. The molecule has 5 nitrogen and oxygen atoms in total. The molecule has 0 saturated heterocycles. The van der Waals surface area contributed by atoms with Gasteiger partial charge in [-0.15, -0.1) is 0 Å². The van der Waals surface area contributed by atoms with Crippen molar-refractivity contribution in [3.8, 4) is 39.8 Å². The van der Waals surface area contributed by atoms with Crippen LogP contribution in [0.25, 0.3) is 22.3 Å². The second-order valence-electron chi connectivity index (χ2n) is 5.57. The number of aromatic hydroxyl groups is 1. The van der Waals surface area contributed by atoms with Crippen molar-refractivity contribution in [1.29, 1.82) is 5.26 Å². The van der Waals surface area contributed by atoms with Crippen molar-refractivity contribution in [2.45, 2.75) is 6.92 Å². The molecule has 1 heterocycles. The average molecular weight is 331 g/mol. The van der Waals surface area contributed by atoms with E-state index in [1.807, 2.05) is 37.3 Å². The smallest absolute Gasteiger partial charge is 0.161 e. The van der Waals surface area contributed by atoms with Gasteiger partial charge in [-0.05, 0) is 30.2 Å². The van der Waals surface area contributed by atoms with Crippen LogP contribution in [0.4, 0.5) is 5.82 Å². The number of benzene rings is 2. The van der Waals surface area contributed by atoms with E-state index < -0.39 is 0 Å². The number of aromatic nitrogens is 1. The van der Waals surface area contributed by atoms with Crippen LogP contribution in [-0.2, 0) is 0 Å². The second kappa shape index (κ2) is 6.54. The summed E-state index contributed by atoms with van der Waals surface area (Å²) in [4.78, 5) is 4.34. The van der Waals surface area contributed by atoms with Crippen LogP contribution in [0.3, 0.4) is 0 Å². The fraction of sp³-hybridized carbons (Fsp3) is 0.100. The number of nitrogen functional groups attached to an aromatic ring is 1. The van der Waals surface area contributed by atoms with Gasteiger partial charge in [0, 0.05) is 16.8 Å². The third-order valence-corrected chi connectivity index (χ3v) is 4.05. The fourth-order valence-corrected chi connectivity index (χ4v) is 2.92. The molecule has 0 bridgehead atoms. The van der Waals surface area contributed by atoms with Gasteiger partial charge < -0.3 is 15.6 Å². The lowest BCUT2D eigenvalue weighted by Crippen LogP contribution is -2.03. The number of anilines is 1. The summed E-state index contributed by atoms with van der Waals surface area (Å²) in [5.41, 5.74) is 10.2. The van der Waals surface area contributed by atoms with Crippen LogP contribution in [0.15, 0.2) is 48.5 Å². The lowest BCUT2D eigenvalue weighted by atomic mass is 9.90. The van der Waals surface area contributed by atoms with E-state index in [0.29, 0.717) is 16.9 Å². The highest BCUT2D eigenvalue weighted by atomic mass is 16.5. The van der Waals surface area contributed by atoms with Crippen LogP contribution in [0.1, 0.15) is 11.3 Å². The molecule has 0 aliphatic carbocycles. The Bertz CT molecular complexity index is 976. The number of nitrogens with two attached hydrogens (primary N) is 1. The first kappa shape index (κ1) is 16.3. The van der Waals surface area contributed by atoms with E-state index in [4.69, 9.17) is 10.5 Å². The maximum Gasteiger partial charge on any atom is 0.161 e. The first-order valence-corrected chi connectivity index (χ1v) is 7.69. The molecule has 0 saturated carbocycles. The van der Waals surface area contributed by atoms with Crippen molar-refractivity contribution >= 4 is 5.82 Å². The Morgan fingerprint density at radius 1 is 1.08 bits per heavy atom. The Morgan fingerprint density at radius 3 is 2.44 bits per heavy atom. The van der Waals surface area contributed by atoms with Crippen molar-refractivity contribution in [2.75, 3.05) is 12.8 Å². The largest absolute Gasteiger partial charge is 0.504 e. The molecule has 0 spiro atoms. The molecule has 0 aliphatic rings. The predicted octanol–water partition coefficient (Wildman–Crippen LogP) is 3.89. The Morgan fingerprint density at radius 2 is 1.80 bits per heavy atom. The number of nitrogens with zero attached hydrogens (tertiary/aromatic N) is 2. The SMILES string of the molecule is COc1cc(-c2c(C#N)c(N)nc(C)c2-c2ccccc2)ccc1O. The van der Waals surface area contributed by atoms with Gasteiger partial charge in [0.05, 0.1) is 7.11 Å². The molecule has 0 atom stereocenters. The van der Waals surface area contributed by atoms with E-state index in [2.05, 4.69) is 11.1 Å². The van der Waals surface area contributed by atoms with Gasteiger partial charge in [-0.25, -0.2) is 4.98 Å². The van der Waals surface area contributed by atoms with Gasteiger partial charge in [0.25, 0.3) is 0 Å². The van der Waals surface area contributed by atoms with Gasteiger partial charge in [-0.1, -0.05) is 36.4 Å². The summed E-state index contributed by atoms with van der Waals surface area (Å²) in [5, 5.41) is 19.5. The Labute approximate surface area is 146 Å². The minimum absolute atomic E-state index is 0.0322. The van der Waals surface area contributed by atoms with E-state index in [-0.39, 0.29) is 11.6 Å². The average Bonchev–Trinajstić information content (AvgIpc) is 2.62. The van der Waals surface area contributed by atoms with Gasteiger partial charge in [0.2, 0.25) is 0 Å². The molecule has 0 radical (unpaired) electrons. The number of nitriles is 1. The summed E-state index contributed by atoms with van der Waals surface area (Å²) in [5.74, 6) is 0.542. The quantitative estimate of drug-likeness (QED) is 0.759. The minimum Gasteiger partial charge on any atom is -0.504 e. The van der Waals surface area contributed by atoms with Gasteiger partial charge in [-0.2, -0.15) is 5.26 Å². The van der Waals surface area contributed by atoms with E-state index in [1.165, 1.54) is 13.2 Å². The van der Waals surface area contributed by atoms with Crippen LogP contribution in [0.5, 0.6) is 11.5 Å². The second-order valence-corrected chi connectivity index (χ2v) is 5.57. The highest BCUT2D eigenvalue weighted by Crippen LogP contribution is 2.41. The molecule has 0 unspecified atom stereocenters. The van der Waals surface area contributed by atoms with E-state index in [1.54, 1.807) is 12.1 Å². The first-order chi connectivity index (χ1) is 12.1. The zero-order valence-corrected chi connectivity index (χ0v) is 13.9. The molecule has 5 heteroatoms. The van der Waals surface area contributed by atoms with Crippen molar-refractivity contribution in [1.82, 2.24) is 4.98 Å². The van der Waals surface area contributed by atoms with Crippen molar-refractivity contribution < 1.29 is 9.84 Å². The fourth-order valence-electron chi connectivity index (χ4n) is 2.92. The van der Waals surface area contributed by atoms with Gasteiger partial charge in [0.15, 0.2) is 11.5 Å². The highest BCUT2D eigenvalue weighted by molar-refractivity contribution is 5.91. The van der Waals surface area contributed by atoms with Crippen LogP contribution in [0, 0.1) is 18.3 Å². The lowest BCUT2D eigenvalue weighted by molar-refractivity contribution is 0.373. The van der Waals surface area contributed by atoms with Crippen molar-refractivity contribution in [3.05, 3.63) is 59.8 Å². The van der Waals surface area contributed by atoms with Crippen LogP contribution in [0.2, 0.25) is 0 Å². The normalized spacial score (nSPS) is 10.3. The Kier molecular flexibility index (Phi) is 4.27. The predicted molar refractivity (Wildman–Crippen MR) is 97.2 cm³/mol. The van der Waals surface area contributed by atoms with Crippen LogP contribution < -0.4 is 10.5 Å². The van der Waals surface area contributed by atoms with Crippen molar-refractivity contribution in [3.63, 3.8) is 0 Å². The zero-order chi connectivity index (χ0) is 18.0. The van der Waals surface area contributed by atoms with Crippen molar-refractivity contribution in [2.24, 2.45) is 0 Å². The summed E-state index contributed by atoms with van der Waals surface area (Å²) in [6.45, 7) is 1.86. The molecule has 1 aromatic heterocycles. The standard InChI is InChI=1S/C20H17N3O2/c1-12-18(13-6-4-3-5-7-13)19(15(11-21)20(22)23-12)14-8-9-16(24)17(10-14)25-2/h3-10,24H,1-2H3,(H2,22,23). The number of aryl methyl sites for hydroxylation is 1. The Hall–Kier alpha value is -3.52. The highest BCUT2D eigenvalue weighted by Gasteiger charge is 2.20. The number of rotatable bonds is 3. The zero-order valence-electron chi connectivity index (χ0n) is 13.9. The number of ether oxygens (including phenoxy) is 1. The molecular formula is C20H17N3O2. The maximum atomic E-state index is 9.88. The molecule has 2 aromatic carbocycles. The molecule has 25 heavy (non-hydrogen) atoms. The molecule has 0 aliphatic heterocycles. The molecule has 3 N–H and O–H groups in total. The molecular weight excluding hydrogens is 314 g/mol. The molecule has 3 aromatic rings. The van der Waals surface area contributed by atoms with E-state index in [0.717, 1.165) is 22.4 Å². The number of hydrogen-bond donors (Lipinski definition) is 2. The van der Waals surface area contributed by atoms with Crippen LogP contribution >= 0.6 is 0 Å². The number of hydrogen-bond acceptors (Lipinski definition) is 5. The summed E-state index contributed by atoms with van der Waals surface area (Å²) >= 11 is 0. The summed E-state index contributed by atoms with van der Waals surface area (Å²) in [7, 11) is 1.48. The third-order valence-electron chi connectivity index (χ3n) is 4.05. The van der Waals surface area contributed by atoms with Gasteiger partial charge >= 0.3 is 0 Å². The van der Waals surface area contributed by atoms with Gasteiger partial charge in [0.1, 0.15) is 17.5 Å². The third kappa shape index (κ3) is 2.86. The topological polar surface area (TPSA) is 92.2 Å². The summed E-state index contributed by atoms with van der Waals surface area (Å²) in [6.07, 6.45) is 0. The van der Waals surface area contributed by atoms with E-state index >= 15 is 0 Å². The molecule has 0 fully saturated rings. The van der Waals surface area contributed by atoms with E-state index in [9.17, 15) is 10.4 Å². The maximum absolute atomic E-state index is 9.88. The minimum atomic E-state index is 0.0322. The lowest BCUT2D eigenvalue weighted by Gasteiger charge is -2.17. The molecule has 3 rings (SSSR count). The number of pyridine rings is 1. The first-order valence-electron chi connectivity index (χ1n) is 7.69.